The fourth-order valence-electron chi connectivity index (χ4n) is 5.87. The molecule has 1 aromatic heterocycles. The Hall–Kier alpha value is -3.48. The van der Waals surface area contributed by atoms with Gasteiger partial charge in [-0.3, -0.25) is 9.69 Å². The number of ether oxygens (including phenoxy) is 1. The van der Waals surface area contributed by atoms with Gasteiger partial charge >= 0.3 is 6.01 Å². The number of aromatic nitrogens is 2. The van der Waals surface area contributed by atoms with Crippen LogP contribution < -0.4 is 9.64 Å². The highest BCUT2D eigenvalue weighted by atomic mass is 16.5. The normalized spacial score (nSPS) is 21.1. The lowest BCUT2D eigenvalue weighted by Gasteiger charge is -2.42. The van der Waals surface area contributed by atoms with Gasteiger partial charge in [0.2, 0.25) is 5.91 Å². The Morgan fingerprint density at radius 3 is 2.68 bits per heavy atom. The number of nitrogens with zero attached hydrogens (tertiary/aromatic N) is 7. The van der Waals surface area contributed by atoms with Gasteiger partial charge in [0.15, 0.2) is 0 Å². The number of rotatable bonds is 8. The van der Waals surface area contributed by atoms with Crippen LogP contribution in [0, 0.1) is 11.3 Å². The number of likely N-dealkylation sites (N-methyl/N-ethyl adjacent to an activating group) is 1. The Kier molecular flexibility index (Phi) is 7.91. The standard InChI is InChI=1S/C29H37N7O2/c1-4-27(37)36-14-13-34(20-24(36)11-12-30)28-25-10-9-23(35-18-21-7-5-6-8-22(21)19-35)17-26(25)31-29(32-28)38-16-15-33(2)3/h4-8,23-24H,1,9-11,13-20H2,2-3H3. The second-order valence-electron chi connectivity index (χ2n) is 10.7. The largest absolute Gasteiger partial charge is 0.462 e. The van der Waals surface area contributed by atoms with Crippen LogP contribution in [0.4, 0.5) is 5.82 Å². The Labute approximate surface area is 225 Å². The molecule has 2 atom stereocenters. The second-order valence-corrected chi connectivity index (χ2v) is 10.7. The van der Waals surface area contributed by atoms with Gasteiger partial charge in [-0.25, -0.2) is 0 Å². The molecule has 2 aromatic rings. The van der Waals surface area contributed by atoms with E-state index in [-0.39, 0.29) is 18.4 Å². The highest BCUT2D eigenvalue weighted by Crippen LogP contribution is 2.35. The van der Waals surface area contributed by atoms with E-state index < -0.39 is 0 Å². The number of hydrogen-bond acceptors (Lipinski definition) is 8. The number of benzene rings is 1. The molecule has 1 fully saturated rings. The lowest BCUT2D eigenvalue weighted by molar-refractivity contribution is -0.128. The van der Waals surface area contributed by atoms with Crippen molar-refractivity contribution in [2.75, 3.05) is 51.8 Å². The summed E-state index contributed by atoms with van der Waals surface area (Å²) in [5.74, 6) is 0.767. The predicted octanol–water partition coefficient (Wildman–Crippen LogP) is 2.41. The van der Waals surface area contributed by atoms with Crippen LogP contribution in [0.15, 0.2) is 36.9 Å². The van der Waals surface area contributed by atoms with Gasteiger partial charge in [-0.15, -0.1) is 0 Å². The summed E-state index contributed by atoms with van der Waals surface area (Å²) in [5.41, 5.74) is 5.08. The molecule has 0 N–H and O–H groups in total. The van der Waals surface area contributed by atoms with E-state index in [0.717, 1.165) is 50.4 Å². The number of piperazine rings is 1. The minimum atomic E-state index is -0.206. The molecule has 0 spiro atoms. The molecule has 2 unspecified atom stereocenters. The van der Waals surface area contributed by atoms with E-state index in [2.05, 4.69) is 51.6 Å². The van der Waals surface area contributed by atoms with Gasteiger partial charge in [-0.05, 0) is 44.1 Å². The van der Waals surface area contributed by atoms with Crippen molar-refractivity contribution < 1.29 is 9.53 Å². The lowest BCUT2D eigenvalue weighted by atomic mass is 9.90. The van der Waals surface area contributed by atoms with Gasteiger partial charge in [-0.2, -0.15) is 15.2 Å². The average Bonchev–Trinajstić information content (AvgIpc) is 3.36. The quantitative estimate of drug-likeness (QED) is 0.496. The lowest BCUT2D eigenvalue weighted by Crippen LogP contribution is -2.55. The van der Waals surface area contributed by atoms with E-state index in [1.54, 1.807) is 4.90 Å². The van der Waals surface area contributed by atoms with Crippen molar-refractivity contribution in [1.82, 2.24) is 24.7 Å². The number of anilines is 1. The SMILES string of the molecule is C=CC(=O)N1CCN(c2nc(OCCN(C)C)nc3c2CCC(N2Cc4ccccc4C2)C3)CC1CC#N. The third-order valence-corrected chi connectivity index (χ3v) is 7.93. The minimum Gasteiger partial charge on any atom is -0.462 e. The zero-order valence-electron chi connectivity index (χ0n) is 22.5. The van der Waals surface area contributed by atoms with E-state index in [0.29, 0.717) is 38.3 Å². The molecule has 9 nitrogen and oxygen atoms in total. The first-order chi connectivity index (χ1) is 18.5. The van der Waals surface area contributed by atoms with Crippen molar-refractivity contribution in [1.29, 1.82) is 5.26 Å². The van der Waals surface area contributed by atoms with Crippen molar-refractivity contribution in [2.24, 2.45) is 0 Å². The van der Waals surface area contributed by atoms with Gasteiger partial charge in [0.25, 0.3) is 0 Å². The summed E-state index contributed by atoms with van der Waals surface area (Å²) >= 11 is 0. The number of fused-ring (bicyclic) bond motifs is 2. The summed E-state index contributed by atoms with van der Waals surface area (Å²) in [4.78, 5) is 30.9. The number of hydrogen-bond donors (Lipinski definition) is 0. The zero-order valence-corrected chi connectivity index (χ0v) is 22.5. The summed E-state index contributed by atoms with van der Waals surface area (Å²) in [6.45, 7) is 8.61. The van der Waals surface area contributed by atoms with Crippen molar-refractivity contribution in [3.8, 4) is 12.1 Å². The Balaban J connectivity index is 1.40. The van der Waals surface area contributed by atoms with E-state index >= 15 is 0 Å². The van der Waals surface area contributed by atoms with Crippen molar-refractivity contribution in [3.63, 3.8) is 0 Å². The van der Waals surface area contributed by atoms with Gasteiger partial charge < -0.3 is 19.4 Å². The Bertz CT molecular complexity index is 1200. The first-order valence-corrected chi connectivity index (χ1v) is 13.5. The van der Waals surface area contributed by atoms with Crippen LogP contribution in [-0.2, 0) is 30.7 Å². The van der Waals surface area contributed by atoms with Gasteiger partial charge in [0, 0.05) is 57.3 Å². The van der Waals surface area contributed by atoms with Crippen molar-refractivity contribution in [2.45, 2.75) is 50.9 Å². The minimum absolute atomic E-state index is 0.128. The summed E-state index contributed by atoms with van der Waals surface area (Å²) in [6.07, 6.45) is 4.41. The zero-order chi connectivity index (χ0) is 26.6. The molecule has 1 saturated heterocycles. The first-order valence-electron chi connectivity index (χ1n) is 13.5. The van der Waals surface area contributed by atoms with Gasteiger partial charge in [0.05, 0.1) is 24.2 Å². The van der Waals surface area contributed by atoms with Crippen LogP contribution in [0.1, 0.15) is 35.2 Å². The molecule has 3 aliphatic rings. The number of amides is 1. The van der Waals surface area contributed by atoms with E-state index in [1.165, 1.54) is 22.8 Å². The molecule has 1 aromatic carbocycles. The molecule has 0 bridgehead atoms. The summed E-state index contributed by atoms with van der Waals surface area (Å²) < 4.78 is 6.04. The molecule has 200 valence electrons. The fourth-order valence-corrected chi connectivity index (χ4v) is 5.87. The summed E-state index contributed by atoms with van der Waals surface area (Å²) in [5, 5.41) is 9.44. The second kappa shape index (κ2) is 11.5. The molecular weight excluding hydrogens is 478 g/mol. The van der Waals surface area contributed by atoms with E-state index in [1.807, 2.05) is 14.1 Å². The molecule has 38 heavy (non-hydrogen) atoms. The average molecular weight is 516 g/mol. The highest BCUT2D eigenvalue weighted by Gasteiger charge is 2.35. The Morgan fingerprint density at radius 1 is 1.24 bits per heavy atom. The molecule has 2 aliphatic heterocycles. The van der Waals surface area contributed by atoms with Crippen molar-refractivity contribution >= 4 is 11.7 Å². The van der Waals surface area contributed by atoms with E-state index in [9.17, 15) is 10.1 Å². The van der Waals surface area contributed by atoms with Crippen molar-refractivity contribution in [3.05, 3.63) is 59.3 Å². The highest BCUT2D eigenvalue weighted by molar-refractivity contribution is 5.87. The maximum absolute atomic E-state index is 12.4. The third-order valence-electron chi connectivity index (χ3n) is 7.93. The molecule has 5 rings (SSSR count). The van der Waals surface area contributed by atoms with Gasteiger partial charge in [-0.1, -0.05) is 30.8 Å². The molecule has 9 heteroatoms. The maximum atomic E-state index is 12.4. The van der Waals surface area contributed by atoms with Crippen LogP contribution >= 0.6 is 0 Å². The smallest absolute Gasteiger partial charge is 0.318 e. The van der Waals surface area contributed by atoms with Gasteiger partial charge in [0.1, 0.15) is 12.4 Å². The molecule has 3 heterocycles. The third kappa shape index (κ3) is 5.52. The topological polar surface area (TPSA) is 88.8 Å². The van der Waals surface area contributed by atoms with E-state index in [4.69, 9.17) is 14.7 Å². The molecule has 0 radical (unpaired) electrons. The van der Waals surface area contributed by atoms with Crippen LogP contribution in [0.5, 0.6) is 6.01 Å². The number of nitriles is 1. The molecule has 1 aliphatic carbocycles. The summed E-state index contributed by atoms with van der Waals surface area (Å²) in [7, 11) is 4.03. The number of carbonyl (C=O) groups excluding carboxylic acids is 1. The molecular formula is C29H37N7O2. The maximum Gasteiger partial charge on any atom is 0.318 e. The Morgan fingerprint density at radius 2 is 2.00 bits per heavy atom. The van der Waals surface area contributed by atoms with Crippen LogP contribution in [0.2, 0.25) is 0 Å². The number of carbonyl (C=O) groups is 1. The molecule has 1 amide bonds. The van der Waals surface area contributed by atoms with Crippen LogP contribution in [0.25, 0.3) is 0 Å². The molecule has 0 saturated carbocycles. The van der Waals surface area contributed by atoms with Crippen LogP contribution in [-0.4, -0.2) is 89.5 Å². The van der Waals surface area contributed by atoms with Crippen LogP contribution in [0.3, 0.4) is 0 Å². The first kappa shape index (κ1) is 26.1. The summed E-state index contributed by atoms with van der Waals surface area (Å²) in [6, 6.07) is 11.6. The predicted molar refractivity (Wildman–Crippen MR) is 146 cm³/mol. The monoisotopic (exact) mass is 515 g/mol. The fraction of sp³-hybridized carbons (Fsp3) is 0.517.